The van der Waals surface area contributed by atoms with Crippen LogP contribution in [0.5, 0.6) is 5.75 Å². The fraction of sp³-hybridized carbons (Fsp3) is 0.421. The second kappa shape index (κ2) is 6.69. The smallest absolute Gasteiger partial charge is 0.261 e. The zero-order chi connectivity index (χ0) is 17.3. The highest BCUT2D eigenvalue weighted by atomic mass is 16.5. The van der Waals surface area contributed by atoms with Gasteiger partial charge in [0.15, 0.2) is 6.10 Å². The Balaban J connectivity index is 1.56. The van der Waals surface area contributed by atoms with Gasteiger partial charge < -0.3 is 19.6 Å². The first-order valence-corrected chi connectivity index (χ1v) is 8.22. The third-order valence-electron chi connectivity index (χ3n) is 4.48. The van der Waals surface area contributed by atoms with Gasteiger partial charge >= 0.3 is 0 Å². The zero-order valence-electron chi connectivity index (χ0n) is 14.2. The molecule has 0 bridgehead atoms. The summed E-state index contributed by atoms with van der Waals surface area (Å²) in [5.41, 5.74) is 3.43. The summed E-state index contributed by atoms with van der Waals surface area (Å²) >= 11 is 0. The number of furan rings is 1. The molecule has 0 spiro atoms. The van der Waals surface area contributed by atoms with E-state index >= 15 is 0 Å². The highest BCUT2D eigenvalue weighted by Crippen LogP contribution is 2.31. The SMILES string of the molecule is Cc1cc2c(cc1C)OC(C(=O)NC(C)CC(O)c1ccco1)C2. The summed E-state index contributed by atoms with van der Waals surface area (Å²) in [6, 6.07) is 7.34. The van der Waals surface area contributed by atoms with Crippen LogP contribution < -0.4 is 10.1 Å². The number of amides is 1. The molecule has 1 aromatic carbocycles. The molecule has 24 heavy (non-hydrogen) atoms. The third kappa shape index (κ3) is 3.46. The standard InChI is InChI=1S/C19H23NO4/c1-11-7-14-10-18(24-17(14)8-12(11)2)19(22)20-13(3)9-15(21)16-5-4-6-23-16/h4-8,13,15,18,21H,9-10H2,1-3H3,(H,20,22). The molecule has 5 nitrogen and oxygen atoms in total. The molecule has 0 aliphatic carbocycles. The van der Waals surface area contributed by atoms with Gasteiger partial charge in [0.1, 0.15) is 17.6 Å². The van der Waals surface area contributed by atoms with E-state index in [1.54, 1.807) is 12.1 Å². The van der Waals surface area contributed by atoms with Crippen molar-refractivity contribution >= 4 is 5.91 Å². The number of aliphatic hydroxyl groups is 1. The molecule has 0 saturated heterocycles. The van der Waals surface area contributed by atoms with E-state index in [0.717, 1.165) is 16.9 Å². The first kappa shape index (κ1) is 16.6. The summed E-state index contributed by atoms with van der Waals surface area (Å²) in [7, 11) is 0. The minimum atomic E-state index is -0.734. The van der Waals surface area contributed by atoms with E-state index in [2.05, 4.69) is 18.3 Å². The number of aliphatic hydroxyl groups excluding tert-OH is 1. The van der Waals surface area contributed by atoms with Crippen molar-refractivity contribution in [1.82, 2.24) is 5.32 Å². The van der Waals surface area contributed by atoms with E-state index in [4.69, 9.17) is 9.15 Å². The normalized spacial score (nSPS) is 18.6. The summed E-state index contributed by atoms with van der Waals surface area (Å²) < 4.78 is 11.0. The van der Waals surface area contributed by atoms with Gasteiger partial charge in [-0.05, 0) is 55.7 Å². The molecule has 5 heteroatoms. The van der Waals surface area contributed by atoms with E-state index in [1.807, 2.05) is 19.9 Å². The minimum absolute atomic E-state index is 0.152. The number of hydrogen-bond acceptors (Lipinski definition) is 4. The Morgan fingerprint density at radius 1 is 1.38 bits per heavy atom. The molecule has 1 aliphatic heterocycles. The van der Waals surface area contributed by atoms with Crippen molar-refractivity contribution in [2.24, 2.45) is 0 Å². The van der Waals surface area contributed by atoms with Crippen LogP contribution in [-0.2, 0) is 11.2 Å². The van der Waals surface area contributed by atoms with Crippen LogP contribution in [0.4, 0.5) is 0 Å². The van der Waals surface area contributed by atoms with Gasteiger partial charge in [-0.15, -0.1) is 0 Å². The predicted octanol–water partition coefficient (Wildman–Crippen LogP) is 2.83. The number of carbonyl (C=O) groups excluding carboxylic acids is 1. The topological polar surface area (TPSA) is 71.7 Å². The van der Waals surface area contributed by atoms with Gasteiger partial charge in [-0.1, -0.05) is 6.07 Å². The van der Waals surface area contributed by atoms with E-state index in [9.17, 15) is 9.90 Å². The molecule has 2 heterocycles. The lowest BCUT2D eigenvalue weighted by Crippen LogP contribution is -2.42. The van der Waals surface area contributed by atoms with Gasteiger partial charge in [-0.25, -0.2) is 0 Å². The Kier molecular flexibility index (Phi) is 4.62. The maximum absolute atomic E-state index is 12.4. The summed E-state index contributed by atoms with van der Waals surface area (Å²) in [5, 5.41) is 13.0. The first-order chi connectivity index (χ1) is 11.4. The van der Waals surface area contributed by atoms with E-state index < -0.39 is 12.2 Å². The number of hydrogen-bond donors (Lipinski definition) is 2. The Labute approximate surface area is 141 Å². The molecule has 2 aromatic rings. The molecule has 1 aromatic heterocycles. The second-order valence-electron chi connectivity index (χ2n) is 6.53. The largest absolute Gasteiger partial charge is 0.480 e. The predicted molar refractivity (Wildman–Crippen MR) is 89.9 cm³/mol. The van der Waals surface area contributed by atoms with E-state index in [0.29, 0.717) is 18.6 Å². The van der Waals surface area contributed by atoms with Crippen LogP contribution in [0, 0.1) is 13.8 Å². The summed E-state index contributed by atoms with van der Waals surface area (Å²) in [4.78, 5) is 12.4. The van der Waals surface area contributed by atoms with Crippen LogP contribution in [-0.4, -0.2) is 23.2 Å². The number of aryl methyl sites for hydroxylation is 2. The molecular weight excluding hydrogens is 306 g/mol. The van der Waals surface area contributed by atoms with Gasteiger partial charge in [0.25, 0.3) is 5.91 Å². The maximum Gasteiger partial charge on any atom is 0.261 e. The lowest BCUT2D eigenvalue weighted by Gasteiger charge is -2.19. The molecule has 2 N–H and O–H groups in total. The highest BCUT2D eigenvalue weighted by Gasteiger charge is 2.30. The number of ether oxygens (including phenoxy) is 1. The number of benzene rings is 1. The Hall–Kier alpha value is -2.27. The third-order valence-corrected chi connectivity index (χ3v) is 4.48. The fourth-order valence-electron chi connectivity index (χ4n) is 2.99. The number of fused-ring (bicyclic) bond motifs is 1. The Morgan fingerprint density at radius 2 is 2.12 bits per heavy atom. The molecule has 0 saturated carbocycles. The lowest BCUT2D eigenvalue weighted by molar-refractivity contribution is -0.128. The minimum Gasteiger partial charge on any atom is -0.480 e. The maximum atomic E-state index is 12.4. The average Bonchev–Trinajstić information content (AvgIpc) is 3.16. The summed E-state index contributed by atoms with van der Waals surface area (Å²) in [6.45, 7) is 5.95. The fourth-order valence-corrected chi connectivity index (χ4v) is 2.99. The Bertz CT molecular complexity index is 692. The van der Waals surface area contributed by atoms with Gasteiger partial charge in [0.05, 0.1) is 6.26 Å². The van der Waals surface area contributed by atoms with Crippen molar-refractivity contribution in [3.8, 4) is 5.75 Å². The van der Waals surface area contributed by atoms with Crippen LogP contribution in [0.1, 0.15) is 41.9 Å². The monoisotopic (exact) mass is 329 g/mol. The average molecular weight is 329 g/mol. The van der Waals surface area contributed by atoms with Crippen molar-refractivity contribution in [1.29, 1.82) is 0 Å². The van der Waals surface area contributed by atoms with Crippen LogP contribution in [0.25, 0.3) is 0 Å². The number of carbonyl (C=O) groups is 1. The molecule has 3 rings (SSSR count). The van der Waals surface area contributed by atoms with Gasteiger partial charge in [-0.2, -0.15) is 0 Å². The molecule has 1 aliphatic rings. The van der Waals surface area contributed by atoms with Crippen molar-refractivity contribution in [3.05, 3.63) is 53.0 Å². The van der Waals surface area contributed by atoms with Crippen molar-refractivity contribution in [3.63, 3.8) is 0 Å². The van der Waals surface area contributed by atoms with Crippen LogP contribution >= 0.6 is 0 Å². The summed E-state index contributed by atoms with van der Waals surface area (Å²) in [6.07, 6.45) is 1.24. The highest BCUT2D eigenvalue weighted by molar-refractivity contribution is 5.82. The van der Waals surface area contributed by atoms with Gasteiger partial charge in [0.2, 0.25) is 0 Å². The van der Waals surface area contributed by atoms with E-state index in [1.165, 1.54) is 11.8 Å². The second-order valence-corrected chi connectivity index (χ2v) is 6.53. The molecule has 3 unspecified atom stereocenters. The molecule has 0 fully saturated rings. The van der Waals surface area contributed by atoms with Crippen molar-refractivity contribution in [2.75, 3.05) is 0 Å². The number of rotatable bonds is 5. The molecule has 0 radical (unpaired) electrons. The first-order valence-electron chi connectivity index (χ1n) is 8.22. The van der Waals surface area contributed by atoms with Crippen LogP contribution in [0.15, 0.2) is 34.9 Å². The zero-order valence-corrected chi connectivity index (χ0v) is 14.2. The number of nitrogens with one attached hydrogen (secondary N) is 1. The quantitative estimate of drug-likeness (QED) is 0.885. The van der Waals surface area contributed by atoms with Crippen LogP contribution in [0.2, 0.25) is 0 Å². The molecular formula is C19H23NO4. The van der Waals surface area contributed by atoms with Crippen molar-refractivity contribution in [2.45, 2.75) is 51.9 Å². The van der Waals surface area contributed by atoms with E-state index in [-0.39, 0.29) is 11.9 Å². The lowest BCUT2D eigenvalue weighted by atomic mass is 10.0. The van der Waals surface area contributed by atoms with Crippen LogP contribution in [0.3, 0.4) is 0 Å². The van der Waals surface area contributed by atoms with Gasteiger partial charge in [0, 0.05) is 18.9 Å². The molecule has 3 atom stereocenters. The Morgan fingerprint density at radius 3 is 2.83 bits per heavy atom. The van der Waals surface area contributed by atoms with Crippen molar-refractivity contribution < 1.29 is 19.1 Å². The summed E-state index contributed by atoms with van der Waals surface area (Å²) in [5.74, 6) is 1.15. The molecule has 1 amide bonds. The molecule has 128 valence electrons. The van der Waals surface area contributed by atoms with Gasteiger partial charge in [-0.3, -0.25) is 4.79 Å².